The van der Waals surface area contributed by atoms with Crippen LogP contribution in [0.1, 0.15) is 42.7 Å². The molecule has 3 rings (SSSR count). The molecule has 8 heteroatoms. The molecule has 0 bridgehead atoms. The summed E-state index contributed by atoms with van der Waals surface area (Å²) in [5.41, 5.74) is 3.14. The van der Waals surface area contributed by atoms with E-state index in [9.17, 15) is 9.59 Å². The molecular weight excluding hydrogens is 420 g/mol. The van der Waals surface area contributed by atoms with E-state index >= 15 is 0 Å². The Bertz CT molecular complexity index is 1090. The number of esters is 1. The smallest absolute Gasteiger partial charge is 0.356 e. The summed E-state index contributed by atoms with van der Waals surface area (Å²) in [5, 5.41) is 7.04. The molecule has 8 nitrogen and oxygen atoms in total. The van der Waals surface area contributed by atoms with Gasteiger partial charge in [0.2, 0.25) is 5.91 Å². The van der Waals surface area contributed by atoms with Crippen molar-refractivity contribution in [1.29, 1.82) is 0 Å². The normalized spacial score (nSPS) is 11.9. The fraction of sp³-hybridized carbons (Fsp3) is 0.400. The highest BCUT2D eigenvalue weighted by Gasteiger charge is 2.26. The number of anilines is 2. The summed E-state index contributed by atoms with van der Waals surface area (Å²) in [6.07, 6.45) is 3.57. The average Bonchev–Trinajstić information content (AvgIpc) is 3.13. The quantitative estimate of drug-likeness (QED) is 0.423. The number of carbonyl (C=O) groups excluding carboxylic acids is 2. The van der Waals surface area contributed by atoms with E-state index in [-0.39, 0.29) is 24.1 Å². The number of methoxy groups -OCH3 is 2. The zero-order valence-corrected chi connectivity index (χ0v) is 19.7. The van der Waals surface area contributed by atoms with Crippen LogP contribution in [0.15, 0.2) is 42.6 Å². The van der Waals surface area contributed by atoms with Crippen molar-refractivity contribution in [2.75, 3.05) is 31.5 Å². The Hall–Kier alpha value is -3.39. The number of carbonyl (C=O) groups is 2. The lowest BCUT2D eigenvalue weighted by Gasteiger charge is -2.13. The number of nitrogens with one attached hydrogen (secondary N) is 2. The molecule has 0 fully saturated rings. The topological polar surface area (TPSA) is 94.5 Å². The third-order valence-corrected chi connectivity index (χ3v) is 5.57. The van der Waals surface area contributed by atoms with Crippen LogP contribution in [0.4, 0.5) is 11.4 Å². The van der Waals surface area contributed by atoms with Gasteiger partial charge < -0.3 is 24.7 Å². The standard InChI is InChI=1S/C25H32N4O4/c1-5-17(2)27-19-15-20-22(28-21(30)12-11-18-9-7-6-8-10-18)23(25(31)33-4)29(13-14-32-3)24(20)26-16-19/h6-10,15-17,27H,5,11-14H2,1-4H3,(H,28,30)/t17-/m0/s1. The molecule has 0 radical (unpaired) electrons. The first-order valence-electron chi connectivity index (χ1n) is 11.2. The Morgan fingerprint density at radius 3 is 2.61 bits per heavy atom. The summed E-state index contributed by atoms with van der Waals surface area (Å²) in [6, 6.07) is 12.0. The van der Waals surface area contributed by atoms with E-state index in [1.54, 1.807) is 17.9 Å². The number of aryl methyl sites for hydroxylation is 1. The molecular formula is C25H32N4O4. The van der Waals surface area contributed by atoms with Gasteiger partial charge in [0, 0.05) is 31.5 Å². The summed E-state index contributed by atoms with van der Waals surface area (Å²) >= 11 is 0. The second-order valence-corrected chi connectivity index (χ2v) is 7.94. The molecule has 176 valence electrons. The Morgan fingerprint density at radius 1 is 1.18 bits per heavy atom. The van der Waals surface area contributed by atoms with E-state index in [0.717, 1.165) is 17.7 Å². The van der Waals surface area contributed by atoms with Crippen LogP contribution in [-0.4, -0.2) is 48.3 Å². The number of rotatable bonds is 11. The number of aromatic nitrogens is 2. The highest BCUT2D eigenvalue weighted by Crippen LogP contribution is 2.33. The van der Waals surface area contributed by atoms with Crippen LogP contribution in [-0.2, 0) is 27.2 Å². The maximum Gasteiger partial charge on any atom is 0.356 e. The van der Waals surface area contributed by atoms with E-state index in [4.69, 9.17) is 9.47 Å². The summed E-state index contributed by atoms with van der Waals surface area (Å²) in [5.74, 6) is -0.728. The Morgan fingerprint density at radius 2 is 1.94 bits per heavy atom. The van der Waals surface area contributed by atoms with Crippen molar-refractivity contribution in [1.82, 2.24) is 9.55 Å². The number of nitrogens with zero attached hydrogens (tertiary/aromatic N) is 2. The Kier molecular flexibility index (Phi) is 8.43. The van der Waals surface area contributed by atoms with Crippen molar-refractivity contribution in [2.45, 2.75) is 45.7 Å². The van der Waals surface area contributed by atoms with Crippen molar-refractivity contribution < 1.29 is 19.1 Å². The number of hydrogen-bond donors (Lipinski definition) is 2. The minimum atomic E-state index is -0.543. The first kappa shape index (κ1) is 24.3. The molecule has 33 heavy (non-hydrogen) atoms. The molecule has 0 aliphatic heterocycles. The van der Waals surface area contributed by atoms with Gasteiger partial charge in [0.05, 0.1) is 31.3 Å². The van der Waals surface area contributed by atoms with Gasteiger partial charge in [0.1, 0.15) is 5.65 Å². The van der Waals surface area contributed by atoms with Gasteiger partial charge in [-0.15, -0.1) is 0 Å². The maximum atomic E-state index is 12.9. The molecule has 0 saturated heterocycles. The predicted octanol–water partition coefficient (Wildman–Crippen LogP) is 4.25. The van der Waals surface area contributed by atoms with E-state index in [1.165, 1.54) is 7.11 Å². The lowest BCUT2D eigenvalue weighted by Crippen LogP contribution is -2.18. The van der Waals surface area contributed by atoms with Crippen LogP contribution < -0.4 is 10.6 Å². The molecule has 1 amide bonds. The fourth-order valence-corrected chi connectivity index (χ4v) is 3.63. The molecule has 2 heterocycles. The van der Waals surface area contributed by atoms with E-state index < -0.39 is 5.97 Å². The van der Waals surface area contributed by atoms with Crippen LogP contribution in [0.3, 0.4) is 0 Å². The number of hydrogen-bond acceptors (Lipinski definition) is 6. The van der Waals surface area contributed by atoms with E-state index in [1.807, 2.05) is 36.4 Å². The zero-order chi connectivity index (χ0) is 23.8. The van der Waals surface area contributed by atoms with Crippen LogP contribution in [0.5, 0.6) is 0 Å². The minimum Gasteiger partial charge on any atom is -0.464 e. The van der Waals surface area contributed by atoms with E-state index in [2.05, 4.69) is 29.5 Å². The molecule has 0 spiro atoms. The van der Waals surface area contributed by atoms with Crippen molar-refractivity contribution in [2.24, 2.45) is 0 Å². The Labute approximate surface area is 194 Å². The van der Waals surface area contributed by atoms with Crippen LogP contribution in [0.25, 0.3) is 11.0 Å². The molecule has 3 aromatic rings. The van der Waals surface area contributed by atoms with Gasteiger partial charge in [-0.2, -0.15) is 0 Å². The number of amides is 1. The highest BCUT2D eigenvalue weighted by molar-refractivity contribution is 6.11. The lowest BCUT2D eigenvalue weighted by atomic mass is 10.1. The SMILES string of the molecule is CC[C@H](C)Nc1cnc2c(c1)c(NC(=O)CCc1ccccc1)c(C(=O)OC)n2CCOC. The van der Waals surface area contributed by atoms with Crippen LogP contribution in [0.2, 0.25) is 0 Å². The zero-order valence-electron chi connectivity index (χ0n) is 19.7. The largest absolute Gasteiger partial charge is 0.464 e. The van der Waals surface area contributed by atoms with Gasteiger partial charge >= 0.3 is 5.97 Å². The average molecular weight is 453 g/mol. The summed E-state index contributed by atoms with van der Waals surface area (Å²) < 4.78 is 12.0. The highest BCUT2D eigenvalue weighted by atomic mass is 16.5. The molecule has 0 aliphatic rings. The fourth-order valence-electron chi connectivity index (χ4n) is 3.63. The van der Waals surface area contributed by atoms with E-state index in [0.29, 0.717) is 36.3 Å². The number of benzene rings is 1. The molecule has 2 aromatic heterocycles. The number of fused-ring (bicyclic) bond motifs is 1. The molecule has 0 unspecified atom stereocenters. The number of ether oxygens (including phenoxy) is 2. The first-order chi connectivity index (χ1) is 16.0. The van der Waals surface area contributed by atoms with Crippen molar-refractivity contribution in [3.63, 3.8) is 0 Å². The van der Waals surface area contributed by atoms with Gasteiger partial charge in [-0.05, 0) is 31.4 Å². The summed E-state index contributed by atoms with van der Waals surface area (Å²) in [4.78, 5) is 30.3. The Balaban J connectivity index is 2.01. The summed E-state index contributed by atoms with van der Waals surface area (Å²) in [6.45, 7) is 4.95. The van der Waals surface area contributed by atoms with Gasteiger partial charge in [0.25, 0.3) is 0 Å². The maximum absolute atomic E-state index is 12.9. The first-order valence-corrected chi connectivity index (χ1v) is 11.2. The molecule has 1 atom stereocenters. The van der Waals surface area contributed by atoms with Crippen molar-refractivity contribution >= 4 is 34.3 Å². The predicted molar refractivity (Wildman–Crippen MR) is 130 cm³/mol. The molecule has 2 N–H and O–H groups in total. The van der Waals surface area contributed by atoms with Gasteiger partial charge in [0.15, 0.2) is 5.69 Å². The molecule has 1 aromatic carbocycles. The second-order valence-electron chi connectivity index (χ2n) is 7.94. The van der Waals surface area contributed by atoms with Crippen LogP contribution >= 0.6 is 0 Å². The molecule has 0 saturated carbocycles. The third kappa shape index (κ3) is 5.90. The van der Waals surface area contributed by atoms with Crippen molar-refractivity contribution in [3.8, 4) is 0 Å². The van der Waals surface area contributed by atoms with Crippen LogP contribution in [0, 0.1) is 0 Å². The number of pyridine rings is 1. The minimum absolute atomic E-state index is 0.185. The van der Waals surface area contributed by atoms with Crippen molar-refractivity contribution in [3.05, 3.63) is 53.9 Å². The lowest BCUT2D eigenvalue weighted by molar-refractivity contribution is -0.116. The monoisotopic (exact) mass is 452 g/mol. The third-order valence-electron chi connectivity index (χ3n) is 5.57. The van der Waals surface area contributed by atoms with Gasteiger partial charge in [-0.25, -0.2) is 9.78 Å². The molecule has 0 aliphatic carbocycles. The van der Waals surface area contributed by atoms with Gasteiger partial charge in [-0.1, -0.05) is 37.3 Å². The van der Waals surface area contributed by atoms with Gasteiger partial charge in [-0.3, -0.25) is 4.79 Å². The summed E-state index contributed by atoms with van der Waals surface area (Å²) in [7, 11) is 2.92. The second kappa shape index (κ2) is 11.5.